The van der Waals surface area contributed by atoms with Gasteiger partial charge in [-0.2, -0.15) is 0 Å². The van der Waals surface area contributed by atoms with Gasteiger partial charge in [0.05, 0.1) is 5.92 Å². The molecule has 0 radical (unpaired) electrons. The summed E-state index contributed by atoms with van der Waals surface area (Å²) in [6.45, 7) is 2.52. The van der Waals surface area contributed by atoms with Crippen LogP contribution in [0.5, 0.6) is 0 Å². The van der Waals surface area contributed by atoms with Gasteiger partial charge in [0.1, 0.15) is 0 Å². The minimum atomic E-state index is -0.741. The van der Waals surface area contributed by atoms with E-state index >= 15 is 0 Å². The maximum Gasteiger partial charge on any atom is 0.308 e. The summed E-state index contributed by atoms with van der Waals surface area (Å²) in [7, 11) is 0. The summed E-state index contributed by atoms with van der Waals surface area (Å²) in [5.74, 6) is 2.29. The number of aliphatic carboxylic acids is 1. The molecule has 4 aliphatic carbocycles. The van der Waals surface area contributed by atoms with E-state index < -0.39 is 5.97 Å². The van der Waals surface area contributed by atoms with Gasteiger partial charge in [-0.15, -0.1) is 0 Å². The molecule has 5 rings (SSSR count). The molecule has 122 valence electrons. The van der Waals surface area contributed by atoms with Gasteiger partial charge >= 0.3 is 5.97 Å². The van der Waals surface area contributed by atoms with Crippen LogP contribution in [0.15, 0.2) is 0 Å². The lowest BCUT2D eigenvalue weighted by Crippen LogP contribution is -2.56. The van der Waals surface area contributed by atoms with Gasteiger partial charge in [0.25, 0.3) is 0 Å². The lowest BCUT2D eigenvalue weighted by atomic mass is 9.51. The van der Waals surface area contributed by atoms with E-state index in [4.69, 9.17) is 0 Å². The van der Waals surface area contributed by atoms with Crippen LogP contribution in [0, 0.1) is 35.5 Å². The van der Waals surface area contributed by atoms with Gasteiger partial charge in [-0.3, -0.25) is 9.59 Å². The molecule has 4 heteroatoms. The van der Waals surface area contributed by atoms with Crippen molar-refractivity contribution in [3.8, 4) is 0 Å². The summed E-state index contributed by atoms with van der Waals surface area (Å²) in [5.41, 5.74) is 0. The average molecular weight is 305 g/mol. The molecule has 0 spiro atoms. The summed E-state index contributed by atoms with van der Waals surface area (Å²) in [6, 6.07) is 0.209. The summed E-state index contributed by atoms with van der Waals surface area (Å²) >= 11 is 0. The molecule has 0 aromatic rings. The standard InChI is InChI=1S/C18H27NO3/c1-10-2-3-13(18(21)22)9-19(10)17(20)16-14-5-11-4-12(7-14)8-15(16)6-11/h10-16H,2-9H2,1H3,(H,21,22). The Hall–Kier alpha value is -1.06. The van der Waals surface area contributed by atoms with E-state index in [1.807, 2.05) is 4.90 Å². The molecule has 0 aromatic heterocycles. The van der Waals surface area contributed by atoms with E-state index in [1.54, 1.807) is 0 Å². The van der Waals surface area contributed by atoms with Crippen molar-refractivity contribution < 1.29 is 14.7 Å². The molecule has 5 fully saturated rings. The Morgan fingerprint density at radius 2 is 1.55 bits per heavy atom. The fourth-order valence-electron chi connectivity index (χ4n) is 6.14. The van der Waals surface area contributed by atoms with Gasteiger partial charge in [-0.25, -0.2) is 0 Å². The number of carboxylic acid groups (broad SMARTS) is 1. The van der Waals surface area contributed by atoms with Crippen molar-refractivity contribution in [2.45, 2.75) is 57.9 Å². The minimum Gasteiger partial charge on any atom is -0.481 e. The molecular weight excluding hydrogens is 278 g/mol. The summed E-state index contributed by atoms with van der Waals surface area (Å²) in [6.07, 6.45) is 7.91. The summed E-state index contributed by atoms with van der Waals surface area (Å²) in [4.78, 5) is 26.4. The zero-order chi connectivity index (χ0) is 15.4. The number of hydrogen-bond donors (Lipinski definition) is 1. The van der Waals surface area contributed by atoms with Crippen LogP contribution >= 0.6 is 0 Å². The third-order valence-corrected chi connectivity index (χ3v) is 7.03. The largest absolute Gasteiger partial charge is 0.481 e. The molecule has 2 unspecified atom stereocenters. The first kappa shape index (κ1) is 14.5. The molecule has 4 bridgehead atoms. The Bertz CT molecular complexity index is 461. The lowest BCUT2D eigenvalue weighted by molar-refractivity contribution is -0.156. The molecule has 4 nitrogen and oxygen atoms in total. The van der Waals surface area contributed by atoms with E-state index in [0.29, 0.717) is 24.8 Å². The van der Waals surface area contributed by atoms with Crippen molar-refractivity contribution >= 4 is 11.9 Å². The predicted molar refractivity (Wildman–Crippen MR) is 82.1 cm³/mol. The SMILES string of the molecule is CC1CCC(C(=O)O)CN1C(=O)C1C2CC3CC(C2)CC1C3. The van der Waals surface area contributed by atoms with Gasteiger partial charge in [-0.05, 0) is 75.5 Å². The Morgan fingerprint density at radius 3 is 2.09 bits per heavy atom. The predicted octanol–water partition coefficient (Wildman–Crippen LogP) is 2.77. The molecule has 2 atom stereocenters. The van der Waals surface area contributed by atoms with Gasteiger partial charge in [-0.1, -0.05) is 0 Å². The number of carbonyl (C=O) groups excluding carboxylic acids is 1. The topological polar surface area (TPSA) is 57.6 Å². The number of piperidine rings is 1. The summed E-state index contributed by atoms with van der Waals surface area (Å²) < 4.78 is 0. The second-order valence-electron chi connectivity index (χ2n) is 8.41. The number of hydrogen-bond acceptors (Lipinski definition) is 2. The zero-order valence-electron chi connectivity index (χ0n) is 13.4. The van der Waals surface area contributed by atoms with Gasteiger partial charge in [0.15, 0.2) is 0 Å². The van der Waals surface area contributed by atoms with E-state index in [9.17, 15) is 14.7 Å². The number of carbonyl (C=O) groups is 2. The molecule has 5 aliphatic rings. The normalized spacial score (nSPS) is 46.8. The Balaban J connectivity index is 1.52. The van der Waals surface area contributed by atoms with E-state index in [-0.39, 0.29) is 23.8 Å². The van der Waals surface area contributed by atoms with Crippen LogP contribution in [-0.4, -0.2) is 34.5 Å². The van der Waals surface area contributed by atoms with Crippen LogP contribution < -0.4 is 0 Å². The van der Waals surface area contributed by atoms with E-state index in [2.05, 4.69) is 6.92 Å². The van der Waals surface area contributed by atoms with Crippen molar-refractivity contribution in [1.82, 2.24) is 4.90 Å². The Labute approximate surface area is 132 Å². The maximum absolute atomic E-state index is 13.2. The number of rotatable bonds is 2. The van der Waals surface area contributed by atoms with Crippen molar-refractivity contribution in [1.29, 1.82) is 0 Å². The maximum atomic E-state index is 13.2. The second-order valence-corrected chi connectivity index (χ2v) is 8.41. The lowest BCUT2D eigenvalue weighted by Gasteiger charge is -2.55. The van der Waals surface area contributed by atoms with Crippen LogP contribution in [-0.2, 0) is 9.59 Å². The van der Waals surface area contributed by atoms with Crippen molar-refractivity contribution in [3.05, 3.63) is 0 Å². The van der Waals surface area contributed by atoms with Crippen molar-refractivity contribution in [3.63, 3.8) is 0 Å². The molecule has 1 heterocycles. The molecule has 1 aliphatic heterocycles. The smallest absolute Gasteiger partial charge is 0.308 e. The molecule has 1 N–H and O–H groups in total. The molecule has 4 saturated carbocycles. The third kappa shape index (κ3) is 2.26. The Morgan fingerprint density at radius 1 is 0.955 bits per heavy atom. The van der Waals surface area contributed by atoms with Crippen LogP contribution in [0.3, 0.4) is 0 Å². The number of carboxylic acids is 1. The highest BCUT2D eigenvalue weighted by Gasteiger charge is 2.52. The van der Waals surface area contributed by atoms with Crippen molar-refractivity contribution in [2.24, 2.45) is 35.5 Å². The molecular formula is C18H27NO3. The fraction of sp³-hybridized carbons (Fsp3) is 0.889. The van der Waals surface area contributed by atoms with Crippen LogP contribution in [0.2, 0.25) is 0 Å². The first-order valence-electron chi connectivity index (χ1n) is 9.06. The highest BCUT2D eigenvalue weighted by Crippen LogP contribution is 2.57. The number of nitrogens with zero attached hydrogens (tertiary/aromatic N) is 1. The van der Waals surface area contributed by atoms with Crippen LogP contribution in [0.1, 0.15) is 51.9 Å². The van der Waals surface area contributed by atoms with Crippen molar-refractivity contribution in [2.75, 3.05) is 6.54 Å². The van der Waals surface area contributed by atoms with Crippen LogP contribution in [0.25, 0.3) is 0 Å². The molecule has 0 aromatic carbocycles. The van der Waals surface area contributed by atoms with E-state index in [0.717, 1.165) is 18.3 Å². The van der Waals surface area contributed by atoms with Gasteiger partial charge in [0, 0.05) is 18.5 Å². The monoisotopic (exact) mass is 305 g/mol. The quantitative estimate of drug-likeness (QED) is 0.853. The fourth-order valence-corrected chi connectivity index (χ4v) is 6.14. The molecule has 1 amide bonds. The molecule has 22 heavy (non-hydrogen) atoms. The summed E-state index contributed by atoms with van der Waals surface area (Å²) in [5, 5.41) is 9.30. The number of amides is 1. The third-order valence-electron chi connectivity index (χ3n) is 7.03. The first-order chi connectivity index (χ1) is 10.5. The highest BCUT2D eigenvalue weighted by molar-refractivity contribution is 5.81. The number of likely N-dealkylation sites (tertiary alicyclic amines) is 1. The minimum absolute atomic E-state index is 0.197. The van der Waals surface area contributed by atoms with Gasteiger partial charge < -0.3 is 10.0 Å². The second kappa shape index (κ2) is 5.24. The molecule has 1 saturated heterocycles. The zero-order valence-corrected chi connectivity index (χ0v) is 13.4. The average Bonchev–Trinajstić information content (AvgIpc) is 2.46. The Kier molecular flexibility index (Phi) is 3.46. The van der Waals surface area contributed by atoms with Gasteiger partial charge in [0.2, 0.25) is 5.91 Å². The van der Waals surface area contributed by atoms with Crippen LogP contribution in [0.4, 0.5) is 0 Å². The first-order valence-corrected chi connectivity index (χ1v) is 9.06. The van der Waals surface area contributed by atoms with E-state index in [1.165, 1.54) is 32.1 Å². The highest BCUT2D eigenvalue weighted by atomic mass is 16.4.